The van der Waals surface area contributed by atoms with Gasteiger partial charge in [-0.15, -0.1) is 0 Å². The van der Waals surface area contributed by atoms with Crippen molar-refractivity contribution >= 4 is 7.98 Å². The molecule has 0 aliphatic rings. The van der Waals surface area contributed by atoms with E-state index >= 15 is 0 Å². The van der Waals surface area contributed by atoms with E-state index in [-0.39, 0.29) is 0 Å². The van der Waals surface area contributed by atoms with Crippen molar-refractivity contribution in [1.82, 2.24) is 4.81 Å². The van der Waals surface area contributed by atoms with Crippen LogP contribution in [-0.2, 0) is 0 Å². The Labute approximate surface area is 64.1 Å². The van der Waals surface area contributed by atoms with Gasteiger partial charge in [0.25, 0.3) is 0 Å². The summed E-state index contributed by atoms with van der Waals surface area (Å²) in [5, 5.41) is 0. The smallest absolute Gasteiger partial charge is 0.184 e. The monoisotopic (exact) mass is 135 g/mol. The lowest BCUT2D eigenvalue weighted by Crippen LogP contribution is -2.02. The average molecular weight is 135 g/mol. The van der Waals surface area contributed by atoms with E-state index in [1.807, 2.05) is 63.3 Å². The molecule has 54 valence electrons. The van der Waals surface area contributed by atoms with Crippen LogP contribution in [0.4, 0.5) is 0 Å². The Hall–Kier alpha value is -0.755. The molecule has 0 amide bonds. The van der Waals surface area contributed by atoms with Gasteiger partial charge in [0, 0.05) is 0 Å². The maximum atomic E-state index is 2.00. The number of benzene rings is 1. The van der Waals surface area contributed by atoms with Crippen molar-refractivity contribution in [3.8, 4) is 0 Å². The maximum Gasteiger partial charge on any atom is 0.184 e. The van der Waals surface area contributed by atoms with Crippen LogP contribution in [-0.4, -0.2) is 26.9 Å². The van der Waals surface area contributed by atoms with Crippen molar-refractivity contribution in [3.05, 3.63) is 36.4 Å². The van der Waals surface area contributed by atoms with E-state index < -0.39 is 0 Å². The van der Waals surface area contributed by atoms with Crippen LogP contribution in [0.25, 0.3) is 0 Å². The molecule has 0 aliphatic carbocycles. The van der Waals surface area contributed by atoms with Crippen molar-refractivity contribution in [2.24, 2.45) is 0 Å². The number of hydrogen-bond donors (Lipinski definition) is 0. The first-order chi connectivity index (χ1) is 4.73. The van der Waals surface area contributed by atoms with Crippen LogP contribution < -0.4 is 0 Å². The van der Waals surface area contributed by atoms with Crippen molar-refractivity contribution in [1.29, 1.82) is 0 Å². The molecule has 0 bridgehead atoms. The first-order valence-electron chi connectivity index (χ1n) is 3.34. The highest BCUT2D eigenvalue weighted by Gasteiger charge is 1.59. The summed E-state index contributed by atoms with van der Waals surface area (Å²) >= 11 is 0. The highest BCUT2D eigenvalue weighted by atomic mass is 14.9. The van der Waals surface area contributed by atoms with Crippen LogP contribution in [0.15, 0.2) is 36.4 Å². The normalized spacial score (nSPS) is 8.30. The predicted molar refractivity (Wildman–Crippen MR) is 48.7 cm³/mol. The van der Waals surface area contributed by atoms with Crippen LogP contribution in [0.2, 0.25) is 0 Å². The molecule has 1 aromatic rings. The number of hydrogen-bond acceptors (Lipinski definition) is 1. The Morgan fingerprint density at radius 3 is 1.00 bits per heavy atom. The van der Waals surface area contributed by atoms with E-state index in [0.717, 1.165) is 0 Å². The minimum Gasteiger partial charge on any atom is -0.354 e. The molecule has 0 aliphatic heterocycles. The summed E-state index contributed by atoms with van der Waals surface area (Å²) in [7, 11) is 6.00. The summed E-state index contributed by atoms with van der Waals surface area (Å²) in [5.41, 5.74) is 0. The van der Waals surface area contributed by atoms with E-state index in [4.69, 9.17) is 0 Å². The summed E-state index contributed by atoms with van der Waals surface area (Å²) < 4.78 is 0. The summed E-state index contributed by atoms with van der Waals surface area (Å²) in [5.74, 6) is 0. The fraction of sp³-hybridized carbons (Fsp3) is 0.250. The molecular formula is C8H14BN. The Morgan fingerprint density at radius 2 is 0.900 bits per heavy atom. The highest BCUT2D eigenvalue weighted by molar-refractivity contribution is 6.03. The molecule has 0 N–H and O–H groups in total. The van der Waals surface area contributed by atoms with E-state index in [2.05, 4.69) is 0 Å². The lowest BCUT2D eigenvalue weighted by molar-refractivity contribution is 0.679. The second-order valence-electron chi connectivity index (χ2n) is 2.50. The molecule has 1 aromatic carbocycles. The van der Waals surface area contributed by atoms with Crippen LogP contribution in [0, 0.1) is 0 Å². The molecule has 2 heteroatoms. The van der Waals surface area contributed by atoms with Gasteiger partial charge in [-0.2, -0.15) is 0 Å². The van der Waals surface area contributed by atoms with Gasteiger partial charge < -0.3 is 4.81 Å². The molecule has 0 unspecified atom stereocenters. The molecule has 0 saturated carbocycles. The molecule has 1 nitrogen and oxygen atoms in total. The second kappa shape index (κ2) is 6.37. The van der Waals surface area contributed by atoms with Crippen molar-refractivity contribution < 1.29 is 0 Å². The SMILES string of the molecule is BN(C)C.c1ccccc1. The Balaban J connectivity index is 0.000000180. The molecule has 0 saturated heterocycles. The van der Waals surface area contributed by atoms with E-state index in [1.54, 1.807) is 0 Å². The van der Waals surface area contributed by atoms with Crippen molar-refractivity contribution in [2.75, 3.05) is 14.1 Å². The van der Waals surface area contributed by atoms with Gasteiger partial charge in [-0.05, 0) is 14.1 Å². The summed E-state index contributed by atoms with van der Waals surface area (Å²) in [6.45, 7) is 0. The first-order valence-corrected chi connectivity index (χ1v) is 3.34. The second-order valence-corrected chi connectivity index (χ2v) is 2.50. The third-order valence-electron chi connectivity index (χ3n) is 0.667. The van der Waals surface area contributed by atoms with Crippen LogP contribution in [0.1, 0.15) is 0 Å². The summed E-state index contributed by atoms with van der Waals surface area (Å²) in [6.07, 6.45) is 0. The third-order valence-corrected chi connectivity index (χ3v) is 0.667. The zero-order valence-corrected chi connectivity index (χ0v) is 6.91. The zero-order valence-electron chi connectivity index (χ0n) is 6.91. The largest absolute Gasteiger partial charge is 0.354 e. The van der Waals surface area contributed by atoms with Crippen LogP contribution >= 0.6 is 0 Å². The molecule has 0 fully saturated rings. The van der Waals surface area contributed by atoms with E-state index in [1.165, 1.54) is 0 Å². The molecule has 10 heavy (non-hydrogen) atoms. The molecule has 0 atom stereocenters. The van der Waals surface area contributed by atoms with Gasteiger partial charge in [0.15, 0.2) is 7.98 Å². The van der Waals surface area contributed by atoms with Crippen LogP contribution in [0.5, 0.6) is 0 Å². The first kappa shape index (κ1) is 9.24. The number of nitrogens with zero attached hydrogens (tertiary/aromatic N) is 1. The van der Waals surface area contributed by atoms with Gasteiger partial charge in [-0.1, -0.05) is 36.4 Å². The minimum absolute atomic E-state index is 2.00. The topological polar surface area (TPSA) is 3.24 Å². The van der Waals surface area contributed by atoms with Gasteiger partial charge in [-0.3, -0.25) is 0 Å². The van der Waals surface area contributed by atoms with Gasteiger partial charge in [-0.25, -0.2) is 0 Å². The fourth-order valence-corrected chi connectivity index (χ4v) is 0.385. The van der Waals surface area contributed by atoms with Gasteiger partial charge in [0.1, 0.15) is 0 Å². The van der Waals surface area contributed by atoms with Gasteiger partial charge in [0.05, 0.1) is 0 Å². The molecule has 0 aromatic heterocycles. The third kappa shape index (κ3) is 10.3. The Morgan fingerprint density at radius 1 is 0.800 bits per heavy atom. The van der Waals surface area contributed by atoms with E-state index in [0.29, 0.717) is 0 Å². The van der Waals surface area contributed by atoms with Gasteiger partial charge in [0.2, 0.25) is 0 Å². The van der Waals surface area contributed by atoms with Crippen molar-refractivity contribution in [3.63, 3.8) is 0 Å². The quantitative estimate of drug-likeness (QED) is 0.475. The van der Waals surface area contributed by atoms with Gasteiger partial charge >= 0.3 is 0 Å². The standard InChI is InChI=1S/C6H6.C2H8BN/c1-2-4-6-5-3-1;1-4(2)3/h1-6H;3H2,1-2H3. The molecule has 0 radical (unpaired) electrons. The lowest BCUT2D eigenvalue weighted by Gasteiger charge is -1.90. The van der Waals surface area contributed by atoms with Crippen LogP contribution in [0.3, 0.4) is 0 Å². The summed E-state index contributed by atoms with van der Waals surface area (Å²) in [6, 6.07) is 12.0. The fourth-order valence-electron chi connectivity index (χ4n) is 0.385. The molecule has 1 rings (SSSR count). The lowest BCUT2D eigenvalue weighted by atomic mass is 10.4. The number of rotatable bonds is 0. The van der Waals surface area contributed by atoms with Crippen molar-refractivity contribution in [2.45, 2.75) is 0 Å². The predicted octanol–water partition coefficient (Wildman–Crippen LogP) is 0.783. The molecule has 0 spiro atoms. The zero-order chi connectivity index (χ0) is 7.82. The Bertz CT molecular complexity index is 110. The molecular weight excluding hydrogens is 121 g/mol. The van der Waals surface area contributed by atoms with E-state index in [9.17, 15) is 0 Å². The minimum atomic E-state index is 2.00. The highest BCUT2D eigenvalue weighted by Crippen LogP contribution is 1.79. The maximum absolute atomic E-state index is 2.00. The summed E-state index contributed by atoms with van der Waals surface area (Å²) in [4.78, 5) is 2.00. The Kier molecular flexibility index (Phi) is 5.89. The molecule has 0 heterocycles. The average Bonchev–Trinajstić information content (AvgIpc) is 1.90.